The minimum atomic E-state index is 0.313. The molecule has 1 aromatic carbocycles. The van der Waals surface area contributed by atoms with E-state index < -0.39 is 0 Å². The van der Waals surface area contributed by atoms with E-state index in [4.69, 9.17) is 0 Å². The van der Waals surface area contributed by atoms with Crippen LogP contribution in [0.25, 0.3) is 0 Å². The molecule has 88 valence electrons. The highest BCUT2D eigenvalue weighted by atomic mass is 16.3. The zero-order chi connectivity index (χ0) is 11.4. The van der Waals surface area contributed by atoms with Crippen LogP contribution in [0.4, 0.5) is 0 Å². The molecule has 1 N–H and O–H groups in total. The number of aliphatic hydroxyl groups excluding tert-OH is 1. The van der Waals surface area contributed by atoms with Crippen molar-refractivity contribution in [2.75, 3.05) is 6.61 Å². The van der Waals surface area contributed by atoms with E-state index in [-0.39, 0.29) is 0 Å². The fourth-order valence-electron chi connectivity index (χ4n) is 2.59. The molecule has 0 saturated heterocycles. The number of aryl methyl sites for hydroxylation is 2. The molecule has 1 nitrogen and oxygen atoms in total. The van der Waals surface area contributed by atoms with Crippen LogP contribution in [0.15, 0.2) is 18.2 Å². The highest BCUT2D eigenvalue weighted by Gasteiger charge is 2.11. The molecule has 0 fully saturated rings. The summed E-state index contributed by atoms with van der Waals surface area (Å²) in [5.41, 5.74) is 4.50. The van der Waals surface area contributed by atoms with Gasteiger partial charge < -0.3 is 5.11 Å². The second-order valence-corrected chi connectivity index (χ2v) is 4.97. The summed E-state index contributed by atoms with van der Waals surface area (Å²) < 4.78 is 0. The Labute approximate surface area is 98.5 Å². The van der Waals surface area contributed by atoms with Crippen molar-refractivity contribution in [1.82, 2.24) is 0 Å². The minimum Gasteiger partial charge on any atom is -0.396 e. The Bertz CT molecular complexity index is 339. The Morgan fingerprint density at radius 3 is 2.62 bits per heavy atom. The lowest BCUT2D eigenvalue weighted by Crippen LogP contribution is -2.09. The van der Waals surface area contributed by atoms with Gasteiger partial charge in [-0.3, -0.25) is 0 Å². The molecule has 1 aliphatic rings. The average molecular weight is 218 g/mol. The van der Waals surface area contributed by atoms with Gasteiger partial charge in [0.05, 0.1) is 0 Å². The van der Waals surface area contributed by atoms with Crippen molar-refractivity contribution in [3.63, 3.8) is 0 Å². The monoisotopic (exact) mass is 218 g/mol. The molecule has 0 aliphatic heterocycles. The van der Waals surface area contributed by atoms with E-state index in [0.717, 1.165) is 12.8 Å². The Morgan fingerprint density at radius 2 is 1.94 bits per heavy atom. The lowest BCUT2D eigenvalue weighted by molar-refractivity contribution is 0.222. The maximum Gasteiger partial charge on any atom is 0.0462 e. The molecule has 1 atom stereocenters. The van der Waals surface area contributed by atoms with E-state index in [2.05, 4.69) is 25.1 Å². The van der Waals surface area contributed by atoms with Gasteiger partial charge in [-0.05, 0) is 54.7 Å². The van der Waals surface area contributed by atoms with Crippen LogP contribution in [-0.4, -0.2) is 11.7 Å². The van der Waals surface area contributed by atoms with E-state index in [0.29, 0.717) is 12.5 Å². The molecule has 16 heavy (non-hydrogen) atoms. The number of fused-ring (bicyclic) bond motifs is 1. The van der Waals surface area contributed by atoms with Gasteiger partial charge in [0, 0.05) is 6.61 Å². The third-order valence-electron chi connectivity index (χ3n) is 3.77. The van der Waals surface area contributed by atoms with Gasteiger partial charge in [0.1, 0.15) is 0 Å². The van der Waals surface area contributed by atoms with Crippen LogP contribution in [0, 0.1) is 5.92 Å². The molecule has 0 saturated carbocycles. The largest absolute Gasteiger partial charge is 0.396 e. The molecule has 2 rings (SSSR count). The van der Waals surface area contributed by atoms with Crippen LogP contribution < -0.4 is 0 Å². The summed E-state index contributed by atoms with van der Waals surface area (Å²) in [5.74, 6) is 0.432. The van der Waals surface area contributed by atoms with Crippen LogP contribution >= 0.6 is 0 Å². The zero-order valence-electron chi connectivity index (χ0n) is 10.2. The molecular formula is C15H22O. The first-order valence-corrected chi connectivity index (χ1v) is 6.55. The number of hydrogen-bond donors (Lipinski definition) is 1. The van der Waals surface area contributed by atoms with Crippen molar-refractivity contribution in [2.45, 2.75) is 45.4 Å². The first-order valence-electron chi connectivity index (χ1n) is 6.55. The Morgan fingerprint density at radius 1 is 1.19 bits per heavy atom. The maximum atomic E-state index is 9.23. The van der Waals surface area contributed by atoms with Crippen molar-refractivity contribution < 1.29 is 5.11 Å². The first kappa shape index (κ1) is 11.7. The lowest BCUT2D eigenvalue weighted by Gasteiger charge is -2.18. The van der Waals surface area contributed by atoms with Crippen LogP contribution in [0.5, 0.6) is 0 Å². The van der Waals surface area contributed by atoms with Gasteiger partial charge in [-0.15, -0.1) is 0 Å². The van der Waals surface area contributed by atoms with Crippen LogP contribution in [0.2, 0.25) is 0 Å². The summed E-state index contributed by atoms with van der Waals surface area (Å²) in [5, 5.41) is 9.23. The van der Waals surface area contributed by atoms with E-state index in [1.165, 1.54) is 31.2 Å². The van der Waals surface area contributed by atoms with Gasteiger partial charge in [0.15, 0.2) is 0 Å². The molecule has 0 radical (unpaired) electrons. The SMILES string of the molecule is CCC(CO)Cc1ccc2c(c1)CCCC2. The van der Waals surface area contributed by atoms with Gasteiger partial charge in [-0.2, -0.15) is 0 Å². The van der Waals surface area contributed by atoms with Crippen LogP contribution in [-0.2, 0) is 19.3 Å². The molecular weight excluding hydrogens is 196 g/mol. The summed E-state index contributed by atoms with van der Waals surface area (Å²) in [6, 6.07) is 6.92. The Kier molecular flexibility index (Phi) is 4.00. The van der Waals surface area contributed by atoms with Crippen molar-refractivity contribution >= 4 is 0 Å². The number of aliphatic hydroxyl groups is 1. The van der Waals surface area contributed by atoms with Crippen molar-refractivity contribution in [2.24, 2.45) is 5.92 Å². The van der Waals surface area contributed by atoms with Gasteiger partial charge in [0.25, 0.3) is 0 Å². The second kappa shape index (κ2) is 5.49. The van der Waals surface area contributed by atoms with Gasteiger partial charge in [-0.1, -0.05) is 31.5 Å². The minimum absolute atomic E-state index is 0.313. The molecule has 1 heteroatoms. The molecule has 0 bridgehead atoms. The first-order chi connectivity index (χ1) is 7.83. The predicted octanol–water partition coefficient (Wildman–Crippen LogP) is 3.13. The molecule has 0 amide bonds. The Hall–Kier alpha value is -0.820. The topological polar surface area (TPSA) is 20.2 Å². The zero-order valence-corrected chi connectivity index (χ0v) is 10.2. The second-order valence-electron chi connectivity index (χ2n) is 4.97. The molecule has 0 aromatic heterocycles. The smallest absolute Gasteiger partial charge is 0.0462 e. The molecule has 1 unspecified atom stereocenters. The summed E-state index contributed by atoms with van der Waals surface area (Å²) in [4.78, 5) is 0. The van der Waals surface area contributed by atoms with E-state index >= 15 is 0 Å². The van der Waals surface area contributed by atoms with E-state index in [1.54, 1.807) is 11.1 Å². The lowest BCUT2D eigenvalue weighted by atomic mass is 9.88. The molecule has 1 aliphatic carbocycles. The number of benzene rings is 1. The third kappa shape index (κ3) is 2.65. The third-order valence-corrected chi connectivity index (χ3v) is 3.77. The average Bonchev–Trinajstić information content (AvgIpc) is 2.35. The van der Waals surface area contributed by atoms with Gasteiger partial charge in [0.2, 0.25) is 0 Å². The predicted molar refractivity (Wildman–Crippen MR) is 67.7 cm³/mol. The maximum absolute atomic E-state index is 9.23. The standard InChI is InChI=1S/C15H22O/c1-2-12(11-16)9-13-7-8-14-5-3-4-6-15(14)10-13/h7-8,10,12,16H,2-6,9,11H2,1H3. The molecule has 1 aromatic rings. The van der Waals surface area contributed by atoms with Crippen molar-refractivity contribution in [1.29, 1.82) is 0 Å². The number of rotatable bonds is 4. The summed E-state index contributed by atoms with van der Waals surface area (Å²) in [7, 11) is 0. The molecule has 0 spiro atoms. The number of hydrogen-bond acceptors (Lipinski definition) is 1. The highest BCUT2D eigenvalue weighted by molar-refractivity contribution is 5.34. The summed E-state index contributed by atoms with van der Waals surface area (Å²) in [6.07, 6.45) is 7.29. The Balaban J connectivity index is 2.10. The quantitative estimate of drug-likeness (QED) is 0.823. The molecule has 0 heterocycles. The van der Waals surface area contributed by atoms with Crippen LogP contribution in [0.1, 0.15) is 42.9 Å². The fourth-order valence-corrected chi connectivity index (χ4v) is 2.59. The summed E-state index contributed by atoms with van der Waals surface area (Å²) in [6.45, 7) is 2.47. The van der Waals surface area contributed by atoms with E-state index in [1.807, 2.05) is 0 Å². The van der Waals surface area contributed by atoms with E-state index in [9.17, 15) is 5.11 Å². The van der Waals surface area contributed by atoms with Crippen molar-refractivity contribution in [3.05, 3.63) is 34.9 Å². The van der Waals surface area contributed by atoms with Crippen molar-refractivity contribution in [3.8, 4) is 0 Å². The highest BCUT2D eigenvalue weighted by Crippen LogP contribution is 2.23. The van der Waals surface area contributed by atoms with Gasteiger partial charge >= 0.3 is 0 Å². The van der Waals surface area contributed by atoms with Crippen LogP contribution in [0.3, 0.4) is 0 Å². The normalized spacial score (nSPS) is 16.9. The van der Waals surface area contributed by atoms with Gasteiger partial charge in [-0.25, -0.2) is 0 Å². The fraction of sp³-hybridized carbons (Fsp3) is 0.600. The summed E-state index contributed by atoms with van der Waals surface area (Å²) >= 11 is 0.